The predicted molar refractivity (Wildman–Crippen MR) is 52.9 cm³/mol. The first-order valence-corrected chi connectivity index (χ1v) is 4.87. The van der Waals surface area contributed by atoms with Crippen LogP contribution in [0.4, 0.5) is 0 Å². The zero-order chi connectivity index (χ0) is 9.57. The maximum absolute atomic E-state index is 6.01. The molecule has 2 heteroatoms. The van der Waals surface area contributed by atoms with Gasteiger partial charge in [-0.1, -0.05) is 0 Å². The van der Waals surface area contributed by atoms with Crippen molar-refractivity contribution in [1.82, 2.24) is 0 Å². The van der Waals surface area contributed by atoms with E-state index in [2.05, 4.69) is 34.9 Å². The summed E-state index contributed by atoms with van der Waals surface area (Å²) >= 11 is 0. The molecule has 1 rings (SSSR count). The molecule has 0 saturated carbocycles. The number of rotatable bonds is 0. The van der Waals surface area contributed by atoms with E-state index in [9.17, 15) is 0 Å². The molecule has 1 saturated heterocycles. The van der Waals surface area contributed by atoms with Crippen LogP contribution >= 0.6 is 0 Å². The van der Waals surface area contributed by atoms with Crippen molar-refractivity contribution in [1.29, 1.82) is 0 Å². The minimum absolute atomic E-state index is 0.330. The summed E-state index contributed by atoms with van der Waals surface area (Å²) < 4.78 is 1.10. The topological polar surface area (TPSA) is 26.0 Å². The van der Waals surface area contributed by atoms with E-state index in [0.717, 1.165) is 17.3 Å². The Morgan fingerprint density at radius 1 is 1.33 bits per heavy atom. The highest BCUT2D eigenvalue weighted by Gasteiger charge is 2.46. The molecule has 12 heavy (non-hydrogen) atoms. The smallest absolute Gasteiger partial charge is 0.0948 e. The molecule has 1 heterocycles. The Labute approximate surface area is 76.3 Å². The molecule has 1 aliphatic heterocycles. The van der Waals surface area contributed by atoms with E-state index in [0.29, 0.717) is 17.6 Å². The highest BCUT2D eigenvalue weighted by Crippen LogP contribution is 2.35. The van der Waals surface area contributed by atoms with Crippen molar-refractivity contribution >= 4 is 0 Å². The molecule has 2 N–H and O–H groups in total. The first kappa shape index (κ1) is 10.0. The second-order valence-corrected chi connectivity index (χ2v) is 5.40. The fraction of sp³-hybridized carbons (Fsp3) is 1.00. The third-order valence-electron chi connectivity index (χ3n) is 4.07. The second-order valence-electron chi connectivity index (χ2n) is 5.40. The van der Waals surface area contributed by atoms with Gasteiger partial charge < -0.3 is 10.2 Å². The van der Waals surface area contributed by atoms with E-state index in [1.54, 1.807) is 0 Å². The fourth-order valence-electron chi connectivity index (χ4n) is 2.26. The monoisotopic (exact) mass is 171 g/mol. The molecule has 0 aromatic heterocycles. The van der Waals surface area contributed by atoms with Crippen molar-refractivity contribution in [2.75, 3.05) is 14.1 Å². The lowest BCUT2D eigenvalue weighted by atomic mass is 9.82. The largest absolute Gasteiger partial charge is 0.327 e. The van der Waals surface area contributed by atoms with Gasteiger partial charge in [0.25, 0.3) is 0 Å². The molecule has 0 bridgehead atoms. The Balaban J connectivity index is 2.86. The zero-order valence-electron chi connectivity index (χ0n) is 9.09. The molecular formula is C10H23N2+. The number of quaternary nitrogens is 1. The van der Waals surface area contributed by atoms with Gasteiger partial charge in [-0.15, -0.1) is 0 Å². The van der Waals surface area contributed by atoms with Gasteiger partial charge in [-0.3, -0.25) is 0 Å². The highest BCUT2D eigenvalue weighted by molar-refractivity contribution is 4.84. The summed E-state index contributed by atoms with van der Waals surface area (Å²) in [6.07, 6.45) is 2.31. The quantitative estimate of drug-likeness (QED) is 0.547. The molecule has 0 spiro atoms. The standard InChI is InChI=1S/C10H23N2/c1-8-6-9(11)7-10(2,3)12(8,4)5/h8-9H,6-7,11H2,1-5H3/q+1. The van der Waals surface area contributed by atoms with Crippen molar-refractivity contribution in [3.63, 3.8) is 0 Å². The van der Waals surface area contributed by atoms with Gasteiger partial charge in [-0.2, -0.15) is 0 Å². The van der Waals surface area contributed by atoms with E-state index < -0.39 is 0 Å². The van der Waals surface area contributed by atoms with Crippen LogP contribution in [-0.2, 0) is 0 Å². The van der Waals surface area contributed by atoms with Crippen LogP contribution in [0.5, 0.6) is 0 Å². The van der Waals surface area contributed by atoms with Crippen molar-refractivity contribution < 1.29 is 4.48 Å². The minimum atomic E-state index is 0.330. The Hall–Kier alpha value is -0.0800. The third-order valence-corrected chi connectivity index (χ3v) is 4.07. The average molecular weight is 171 g/mol. The van der Waals surface area contributed by atoms with Crippen molar-refractivity contribution in [2.24, 2.45) is 5.73 Å². The van der Waals surface area contributed by atoms with E-state index in [-0.39, 0.29) is 0 Å². The molecular weight excluding hydrogens is 148 g/mol. The fourth-order valence-corrected chi connectivity index (χ4v) is 2.26. The van der Waals surface area contributed by atoms with Gasteiger partial charge in [0, 0.05) is 18.9 Å². The molecule has 1 aliphatic rings. The zero-order valence-corrected chi connectivity index (χ0v) is 9.09. The average Bonchev–Trinajstić information content (AvgIpc) is 1.82. The SMILES string of the molecule is CC1CC(N)CC(C)(C)[N+]1(C)C. The lowest BCUT2D eigenvalue weighted by Crippen LogP contribution is -2.66. The molecule has 2 atom stereocenters. The van der Waals surface area contributed by atoms with E-state index in [4.69, 9.17) is 5.73 Å². The number of hydrogen-bond acceptors (Lipinski definition) is 1. The second kappa shape index (κ2) is 2.71. The van der Waals surface area contributed by atoms with Gasteiger partial charge in [0.15, 0.2) is 0 Å². The van der Waals surface area contributed by atoms with Gasteiger partial charge in [-0.05, 0) is 20.8 Å². The normalized spacial score (nSPS) is 39.5. The van der Waals surface area contributed by atoms with Gasteiger partial charge in [0.2, 0.25) is 0 Å². The molecule has 0 aromatic rings. The summed E-state index contributed by atoms with van der Waals surface area (Å²) in [5.41, 5.74) is 6.34. The minimum Gasteiger partial charge on any atom is -0.327 e. The Bertz CT molecular complexity index is 173. The van der Waals surface area contributed by atoms with Crippen LogP contribution in [0.1, 0.15) is 33.6 Å². The van der Waals surface area contributed by atoms with Crippen LogP contribution in [-0.4, -0.2) is 36.2 Å². The van der Waals surface area contributed by atoms with Crippen LogP contribution in [0.15, 0.2) is 0 Å². The van der Waals surface area contributed by atoms with E-state index in [1.165, 1.54) is 0 Å². The van der Waals surface area contributed by atoms with Crippen molar-refractivity contribution in [2.45, 2.75) is 51.2 Å². The lowest BCUT2D eigenvalue weighted by Gasteiger charge is -2.53. The summed E-state index contributed by atoms with van der Waals surface area (Å²) in [5, 5.41) is 0. The molecule has 1 fully saturated rings. The van der Waals surface area contributed by atoms with E-state index in [1.807, 2.05) is 0 Å². The maximum atomic E-state index is 6.01. The molecule has 2 nitrogen and oxygen atoms in total. The number of nitrogens with two attached hydrogens (primary N) is 1. The third kappa shape index (κ3) is 1.38. The number of likely N-dealkylation sites (tertiary alicyclic amines) is 1. The first-order chi connectivity index (χ1) is 5.27. The van der Waals surface area contributed by atoms with Crippen LogP contribution < -0.4 is 5.73 Å². The Kier molecular flexibility index (Phi) is 2.26. The summed E-state index contributed by atoms with van der Waals surface area (Å²) in [4.78, 5) is 0. The molecule has 72 valence electrons. The maximum Gasteiger partial charge on any atom is 0.0948 e. The van der Waals surface area contributed by atoms with Gasteiger partial charge >= 0.3 is 0 Å². The van der Waals surface area contributed by atoms with Crippen molar-refractivity contribution in [3.05, 3.63) is 0 Å². The summed E-state index contributed by atoms with van der Waals surface area (Å²) in [7, 11) is 4.63. The molecule has 0 amide bonds. The molecule has 2 unspecified atom stereocenters. The predicted octanol–water partition coefficient (Wildman–Crippen LogP) is 1.35. The number of hydrogen-bond donors (Lipinski definition) is 1. The highest BCUT2D eigenvalue weighted by atomic mass is 15.4. The molecule has 0 aromatic carbocycles. The summed E-state index contributed by atoms with van der Waals surface area (Å²) in [6, 6.07) is 1.09. The number of piperidine rings is 1. The molecule has 0 aliphatic carbocycles. The van der Waals surface area contributed by atoms with Crippen LogP contribution in [0.25, 0.3) is 0 Å². The Morgan fingerprint density at radius 3 is 2.25 bits per heavy atom. The van der Waals surface area contributed by atoms with Crippen LogP contribution in [0.3, 0.4) is 0 Å². The van der Waals surface area contributed by atoms with Gasteiger partial charge in [0.1, 0.15) is 0 Å². The Morgan fingerprint density at radius 2 is 1.83 bits per heavy atom. The van der Waals surface area contributed by atoms with Gasteiger partial charge in [-0.25, -0.2) is 0 Å². The summed E-state index contributed by atoms with van der Waals surface area (Å²) in [5.74, 6) is 0. The lowest BCUT2D eigenvalue weighted by molar-refractivity contribution is -0.964. The van der Waals surface area contributed by atoms with E-state index >= 15 is 0 Å². The van der Waals surface area contributed by atoms with Crippen LogP contribution in [0, 0.1) is 0 Å². The number of nitrogens with zero attached hydrogens (tertiary/aromatic N) is 1. The van der Waals surface area contributed by atoms with Gasteiger partial charge in [0.05, 0.1) is 25.7 Å². The summed E-state index contributed by atoms with van der Waals surface area (Å²) in [6.45, 7) is 6.95. The van der Waals surface area contributed by atoms with Crippen molar-refractivity contribution in [3.8, 4) is 0 Å². The molecule has 0 radical (unpaired) electrons. The van der Waals surface area contributed by atoms with Crippen LogP contribution in [0.2, 0.25) is 0 Å². The first-order valence-electron chi connectivity index (χ1n) is 4.87.